The van der Waals surface area contributed by atoms with Crippen molar-refractivity contribution in [1.82, 2.24) is 5.43 Å². The molecule has 13 heteroatoms. The molecule has 0 spiro atoms. The van der Waals surface area contributed by atoms with Crippen LogP contribution in [-0.4, -0.2) is 46.2 Å². The maximum atomic E-state index is 13.7. The Hall–Kier alpha value is -4.16. The fourth-order valence-electron chi connectivity index (χ4n) is 3.15. The summed E-state index contributed by atoms with van der Waals surface area (Å²) >= 11 is 6.06. The number of nitro benzene ring substituents is 1. The Balaban J connectivity index is 2.02. The normalized spacial score (nSPS) is 11.2. The number of hydrogen-bond acceptors (Lipinski definition) is 8. The third-order valence-electron chi connectivity index (χ3n) is 4.87. The molecule has 188 valence electrons. The zero-order valence-corrected chi connectivity index (χ0v) is 20.7. The highest BCUT2D eigenvalue weighted by Gasteiger charge is 2.34. The molecule has 36 heavy (non-hydrogen) atoms. The summed E-state index contributed by atoms with van der Waals surface area (Å²) in [6.45, 7) is -0.767. The Kier molecular flexibility index (Phi) is 8.46. The molecule has 0 unspecified atom stereocenters. The number of anilines is 1. The number of carbonyl (C=O) groups excluding carboxylic acids is 1. The predicted molar refractivity (Wildman–Crippen MR) is 134 cm³/mol. The van der Waals surface area contributed by atoms with Crippen molar-refractivity contribution in [3.63, 3.8) is 0 Å². The van der Waals surface area contributed by atoms with E-state index in [1.807, 2.05) is 0 Å². The largest absolute Gasteiger partial charge is 0.497 e. The van der Waals surface area contributed by atoms with Gasteiger partial charge in [-0.2, -0.15) is 5.10 Å². The molecule has 0 aliphatic carbocycles. The van der Waals surface area contributed by atoms with E-state index in [1.54, 1.807) is 24.3 Å². The number of sulfonamides is 1. The zero-order chi connectivity index (χ0) is 26.3. The number of rotatable bonds is 10. The molecule has 0 aliphatic rings. The average molecular weight is 533 g/mol. The monoisotopic (exact) mass is 532 g/mol. The number of hydrogen-bond donors (Lipinski definition) is 1. The minimum Gasteiger partial charge on any atom is -0.497 e. The van der Waals surface area contributed by atoms with Gasteiger partial charge in [-0.3, -0.25) is 19.2 Å². The molecule has 0 bridgehead atoms. The van der Waals surface area contributed by atoms with Gasteiger partial charge in [0.25, 0.3) is 21.6 Å². The van der Waals surface area contributed by atoms with Gasteiger partial charge in [0, 0.05) is 22.7 Å². The Morgan fingerprint density at radius 1 is 1.11 bits per heavy atom. The molecule has 0 aliphatic heterocycles. The lowest BCUT2D eigenvalue weighted by atomic mass is 10.2. The van der Waals surface area contributed by atoms with Crippen molar-refractivity contribution in [2.24, 2.45) is 5.10 Å². The van der Waals surface area contributed by atoms with Gasteiger partial charge in [0.05, 0.1) is 31.0 Å². The molecular weight excluding hydrogens is 512 g/mol. The maximum Gasteiger partial charge on any atom is 0.289 e. The number of nitro groups is 1. The number of methoxy groups -OCH3 is 2. The molecule has 0 heterocycles. The van der Waals surface area contributed by atoms with E-state index in [4.69, 9.17) is 21.1 Å². The third-order valence-corrected chi connectivity index (χ3v) is 7.02. The number of carbonyl (C=O) groups is 1. The minimum absolute atomic E-state index is 0.0401. The SMILES string of the molecule is COc1ccc(N(CC(=O)N/N=C\c2ccccc2Cl)S(=O)(=O)c2ccccc2[N+](=O)[O-])c(OC)c1. The molecule has 3 aromatic rings. The van der Waals surface area contributed by atoms with E-state index in [-0.39, 0.29) is 11.4 Å². The number of para-hydroxylation sites is 1. The van der Waals surface area contributed by atoms with Crippen LogP contribution in [0.25, 0.3) is 0 Å². The van der Waals surface area contributed by atoms with Crippen molar-refractivity contribution in [3.8, 4) is 11.5 Å². The number of halogens is 1. The van der Waals surface area contributed by atoms with E-state index in [9.17, 15) is 23.3 Å². The average Bonchev–Trinajstić information content (AvgIpc) is 2.88. The number of ether oxygens (including phenoxy) is 2. The molecule has 0 radical (unpaired) electrons. The first kappa shape index (κ1) is 26.4. The van der Waals surface area contributed by atoms with Crippen LogP contribution in [0.2, 0.25) is 5.02 Å². The summed E-state index contributed by atoms with van der Waals surface area (Å²) in [5.74, 6) is -0.394. The summed E-state index contributed by atoms with van der Waals surface area (Å²) < 4.78 is 38.5. The van der Waals surface area contributed by atoms with Gasteiger partial charge in [-0.05, 0) is 24.3 Å². The lowest BCUT2D eigenvalue weighted by Crippen LogP contribution is -2.40. The van der Waals surface area contributed by atoms with Crippen molar-refractivity contribution < 1.29 is 27.6 Å². The second-order valence-electron chi connectivity index (χ2n) is 7.09. The summed E-state index contributed by atoms with van der Waals surface area (Å²) in [4.78, 5) is 22.9. The van der Waals surface area contributed by atoms with E-state index < -0.39 is 38.0 Å². The molecule has 11 nitrogen and oxygen atoms in total. The van der Waals surface area contributed by atoms with Crippen LogP contribution in [-0.2, 0) is 14.8 Å². The van der Waals surface area contributed by atoms with Crippen LogP contribution in [0.15, 0.2) is 76.7 Å². The number of benzene rings is 3. The van der Waals surface area contributed by atoms with E-state index in [1.165, 1.54) is 50.8 Å². The van der Waals surface area contributed by atoms with Crippen LogP contribution >= 0.6 is 11.6 Å². The molecule has 1 N–H and O–H groups in total. The predicted octanol–water partition coefficient (Wildman–Crippen LogP) is 3.61. The second kappa shape index (κ2) is 11.5. The highest BCUT2D eigenvalue weighted by molar-refractivity contribution is 7.93. The van der Waals surface area contributed by atoms with Crippen molar-refractivity contribution in [2.45, 2.75) is 4.90 Å². The Labute approximate surface area is 212 Å². The smallest absolute Gasteiger partial charge is 0.289 e. The van der Waals surface area contributed by atoms with Crippen molar-refractivity contribution in [1.29, 1.82) is 0 Å². The fourth-order valence-corrected chi connectivity index (χ4v) is 4.93. The lowest BCUT2D eigenvalue weighted by molar-refractivity contribution is -0.387. The Bertz CT molecular complexity index is 1410. The highest BCUT2D eigenvalue weighted by Crippen LogP contribution is 2.37. The standard InChI is InChI=1S/C23H21ClN4O7S/c1-34-17-11-12-19(21(13-17)35-2)27(36(32,33)22-10-6-5-9-20(22)28(30)31)15-23(29)26-25-14-16-7-3-4-8-18(16)24/h3-14H,15H2,1-2H3,(H,26,29)/b25-14-. The highest BCUT2D eigenvalue weighted by atomic mass is 35.5. The minimum atomic E-state index is -4.62. The van der Waals surface area contributed by atoms with Gasteiger partial charge in [0.2, 0.25) is 0 Å². The van der Waals surface area contributed by atoms with Crippen molar-refractivity contribution in [3.05, 3.63) is 87.4 Å². The van der Waals surface area contributed by atoms with Gasteiger partial charge in [-0.1, -0.05) is 41.9 Å². The van der Waals surface area contributed by atoms with Crippen LogP contribution in [0, 0.1) is 10.1 Å². The third kappa shape index (κ3) is 5.90. The molecule has 0 saturated heterocycles. The van der Waals surface area contributed by atoms with Gasteiger partial charge in [-0.25, -0.2) is 13.8 Å². The number of hydrazone groups is 1. The zero-order valence-electron chi connectivity index (χ0n) is 19.1. The second-order valence-corrected chi connectivity index (χ2v) is 9.33. The van der Waals surface area contributed by atoms with E-state index in [0.717, 1.165) is 12.1 Å². The quantitative estimate of drug-likeness (QED) is 0.239. The van der Waals surface area contributed by atoms with Crippen molar-refractivity contribution >= 4 is 45.1 Å². The molecule has 0 atom stereocenters. The summed E-state index contributed by atoms with van der Waals surface area (Å²) in [7, 11) is -1.90. The van der Waals surface area contributed by atoms with Crippen LogP contribution < -0.4 is 19.2 Å². The Morgan fingerprint density at radius 2 is 1.81 bits per heavy atom. The van der Waals surface area contributed by atoms with Crippen LogP contribution in [0.1, 0.15) is 5.56 Å². The van der Waals surface area contributed by atoms with Crippen LogP contribution in [0.4, 0.5) is 11.4 Å². The van der Waals surface area contributed by atoms with Gasteiger partial charge in [0.15, 0.2) is 4.90 Å². The summed E-state index contributed by atoms with van der Waals surface area (Å²) in [6.07, 6.45) is 1.30. The molecular formula is C23H21ClN4O7S. The number of nitrogens with zero attached hydrogens (tertiary/aromatic N) is 3. The lowest BCUT2D eigenvalue weighted by Gasteiger charge is -2.25. The maximum absolute atomic E-state index is 13.7. The summed E-state index contributed by atoms with van der Waals surface area (Å²) in [5, 5.41) is 15.8. The molecule has 0 saturated carbocycles. The first-order valence-corrected chi connectivity index (χ1v) is 12.1. The molecule has 3 aromatic carbocycles. The van der Waals surface area contributed by atoms with Gasteiger partial charge < -0.3 is 9.47 Å². The fraction of sp³-hybridized carbons (Fsp3) is 0.130. The number of nitrogens with one attached hydrogen (secondary N) is 1. The number of amides is 1. The summed E-state index contributed by atoms with van der Waals surface area (Å²) in [5.41, 5.74) is 2.09. The Morgan fingerprint density at radius 3 is 2.47 bits per heavy atom. The van der Waals surface area contributed by atoms with E-state index >= 15 is 0 Å². The molecule has 0 aromatic heterocycles. The van der Waals surface area contributed by atoms with Crippen LogP contribution in [0.3, 0.4) is 0 Å². The van der Waals surface area contributed by atoms with E-state index in [2.05, 4.69) is 10.5 Å². The summed E-state index contributed by atoms with van der Waals surface area (Å²) in [6, 6.07) is 15.9. The molecule has 3 rings (SSSR count). The van der Waals surface area contributed by atoms with E-state index in [0.29, 0.717) is 20.6 Å². The van der Waals surface area contributed by atoms with Gasteiger partial charge in [0.1, 0.15) is 18.0 Å². The van der Waals surface area contributed by atoms with Gasteiger partial charge >= 0.3 is 0 Å². The molecule has 0 fully saturated rings. The van der Waals surface area contributed by atoms with Gasteiger partial charge in [-0.15, -0.1) is 0 Å². The van der Waals surface area contributed by atoms with Crippen LogP contribution in [0.5, 0.6) is 11.5 Å². The first-order chi connectivity index (χ1) is 17.2. The van der Waals surface area contributed by atoms with Crippen molar-refractivity contribution in [2.75, 3.05) is 25.1 Å². The molecule has 1 amide bonds. The first-order valence-electron chi connectivity index (χ1n) is 10.2. The topological polar surface area (TPSA) is 140 Å².